The first kappa shape index (κ1) is 48.0. The molecule has 18 nitrogen and oxygen atoms in total. The number of nitrogens with zero attached hydrogens (tertiary/aromatic N) is 1. The average molecular weight is 796 g/mol. The first-order valence-corrected chi connectivity index (χ1v) is 20.3. The molecule has 56 heavy (non-hydrogen) atoms. The van der Waals surface area contributed by atoms with Crippen molar-refractivity contribution in [3.8, 4) is 0 Å². The van der Waals surface area contributed by atoms with Crippen LogP contribution in [0.5, 0.6) is 0 Å². The average Bonchev–Trinajstić information content (AvgIpc) is 3.44. The summed E-state index contributed by atoms with van der Waals surface area (Å²) in [7, 11) is 0. The van der Waals surface area contributed by atoms with Gasteiger partial charge in [0, 0.05) is 38.2 Å². The first-order chi connectivity index (χ1) is 26.8. The van der Waals surface area contributed by atoms with E-state index >= 15 is 0 Å². The Balaban J connectivity index is 2.02. The molecule has 1 aliphatic heterocycles. The Morgan fingerprint density at radius 3 is 1.86 bits per heavy atom. The van der Waals surface area contributed by atoms with Gasteiger partial charge in [0.15, 0.2) is 12.3 Å². The van der Waals surface area contributed by atoms with Crippen LogP contribution in [-0.2, 0) is 28.7 Å². The molecule has 0 unspecified atom stereocenters. The van der Waals surface area contributed by atoms with Gasteiger partial charge in [-0.15, -0.1) is 0 Å². The molecule has 7 atom stereocenters. The lowest BCUT2D eigenvalue weighted by Crippen LogP contribution is -2.58. The molecule has 318 valence electrons. The van der Waals surface area contributed by atoms with Crippen molar-refractivity contribution >= 4 is 29.6 Å². The molecule has 1 fully saturated rings. The van der Waals surface area contributed by atoms with E-state index in [4.69, 9.17) is 10.5 Å². The van der Waals surface area contributed by atoms with Gasteiger partial charge in [-0.3, -0.25) is 33.5 Å². The van der Waals surface area contributed by atoms with Crippen LogP contribution in [0.25, 0.3) is 0 Å². The van der Waals surface area contributed by atoms with E-state index in [1.54, 1.807) is 0 Å². The third-order valence-corrected chi connectivity index (χ3v) is 9.78. The summed E-state index contributed by atoms with van der Waals surface area (Å²) >= 11 is 0. The van der Waals surface area contributed by atoms with Crippen LogP contribution in [0.1, 0.15) is 136 Å². The maximum Gasteiger partial charge on any atom is 0.330 e. The smallest absolute Gasteiger partial charge is 0.330 e. The van der Waals surface area contributed by atoms with E-state index in [1.165, 1.54) is 0 Å². The van der Waals surface area contributed by atoms with Crippen molar-refractivity contribution in [2.75, 3.05) is 13.1 Å². The lowest BCUT2D eigenvalue weighted by atomic mass is 10.0. The third-order valence-electron chi connectivity index (χ3n) is 9.78. The number of nitrogens with two attached hydrogens (primary N) is 1. The fourth-order valence-electron chi connectivity index (χ4n) is 6.41. The van der Waals surface area contributed by atoms with E-state index in [0.29, 0.717) is 51.6 Å². The summed E-state index contributed by atoms with van der Waals surface area (Å²) in [4.78, 5) is 89.3. The zero-order chi connectivity index (χ0) is 41.5. The number of unbranched alkanes of at least 4 members (excludes halogenated alkanes) is 10. The minimum Gasteiger partial charge on any atom is -0.480 e. The predicted molar refractivity (Wildman–Crippen MR) is 207 cm³/mol. The maximum absolute atomic E-state index is 13.6. The number of ether oxygens (including phenoxy) is 1. The Morgan fingerprint density at radius 1 is 0.768 bits per heavy atom. The van der Waals surface area contributed by atoms with E-state index in [0.717, 1.165) is 81.0 Å². The monoisotopic (exact) mass is 795 g/mol. The van der Waals surface area contributed by atoms with Crippen LogP contribution in [-0.4, -0.2) is 104 Å². The normalized spacial score (nSPS) is 19.4. The fourth-order valence-corrected chi connectivity index (χ4v) is 6.41. The summed E-state index contributed by atoms with van der Waals surface area (Å²) < 4.78 is 6.36. The van der Waals surface area contributed by atoms with E-state index in [1.807, 2.05) is 4.98 Å². The van der Waals surface area contributed by atoms with Gasteiger partial charge in [-0.1, -0.05) is 65.2 Å². The molecule has 0 aromatic carbocycles. The number of hydrogen-bond donors (Lipinski definition) is 9. The van der Waals surface area contributed by atoms with Gasteiger partial charge in [-0.25, -0.2) is 9.59 Å². The van der Waals surface area contributed by atoms with Gasteiger partial charge >= 0.3 is 11.7 Å². The van der Waals surface area contributed by atoms with Crippen LogP contribution in [0.4, 0.5) is 0 Å². The Bertz CT molecular complexity index is 1490. The van der Waals surface area contributed by atoms with Crippen LogP contribution in [0.15, 0.2) is 21.9 Å². The summed E-state index contributed by atoms with van der Waals surface area (Å²) in [5, 5.41) is 42.1. The largest absolute Gasteiger partial charge is 0.480 e. The van der Waals surface area contributed by atoms with Crippen molar-refractivity contribution in [3.63, 3.8) is 0 Å². The number of rotatable bonds is 29. The van der Waals surface area contributed by atoms with Gasteiger partial charge < -0.3 is 47.1 Å². The van der Waals surface area contributed by atoms with Crippen LogP contribution in [0.3, 0.4) is 0 Å². The zero-order valence-corrected chi connectivity index (χ0v) is 33.0. The van der Waals surface area contributed by atoms with Gasteiger partial charge in [-0.05, 0) is 51.4 Å². The number of amides is 4. The highest BCUT2D eigenvalue weighted by Gasteiger charge is 2.50. The van der Waals surface area contributed by atoms with Crippen LogP contribution >= 0.6 is 0 Å². The van der Waals surface area contributed by atoms with Crippen molar-refractivity contribution in [1.82, 2.24) is 30.8 Å². The minimum absolute atomic E-state index is 0.0232. The lowest BCUT2D eigenvalue weighted by molar-refractivity contribution is -0.149. The van der Waals surface area contributed by atoms with Crippen molar-refractivity contribution in [2.24, 2.45) is 5.73 Å². The standard InChI is InChI=1S/C38H65N7O11/c1-3-5-7-9-11-19-27(46)40-22-15-13-17-25(39)34(51)42-26(18-14-16-23-41-28(47)20-12-10-8-6-4-2)35(52)44-30(37(53)54)33-31(49)32(50)36(56-33)45-24-21-29(48)43-38(45)55/h21,24-26,30-33,36,49-50H,3-20,22-23,39H2,1-2H3,(H,40,46)(H,41,47)(H,42,51)(H,44,52)(H,53,54)(H,43,48,55)/t25-,26-,30-,31-,32+,33+,36+/m0/s1. The van der Waals surface area contributed by atoms with Crippen molar-refractivity contribution < 1.29 is 44.0 Å². The molecule has 1 aromatic rings. The molecule has 0 saturated carbocycles. The highest BCUT2D eigenvalue weighted by molar-refractivity contribution is 5.92. The minimum atomic E-state index is -1.94. The van der Waals surface area contributed by atoms with Crippen LogP contribution in [0, 0.1) is 0 Å². The number of H-pyrrole nitrogens is 1. The molecule has 2 rings (SSSR count). The summed E-state index contributed by atoms with van der Waals surface area (Å²) in [5.74, 6) is -3.33. The number of carbonyl (C=O) groups excluding carboxylic acids is 4. The van der Waals surface area contributed by atoms with Gasteiger partial charge in [0.25, 0.3) is 5.56 Å². The molecular weight excluding hydrogens is 730 g/mol. The molecule has 18 heteroatoms. The summed E-state index contributed by atoms with van der Waals surface area (Å²) in [6.07, 6.45) is 7.34. The van der Waals surface area contributed by atoms with Crippen molar-refractivity contribution in [3.05, 3.63) is 33.1 Å². The molecule has 0 radical (unpaired) electrons. The van der Waals surface area contributed by atoms with E-state index in [9.17, 15) is 48.9 Å². The third kappa shape index (κ3) is 17.3. The SMILES string of the molecule is CCCCCCCC(=O)NCCCC[C@H](NC(=O)[C@@H](N)CCCCNC(=O)CCCCCCC)C(=O)N[C@H](C(=O)O)[C@H]1O[C@@H](n2ccc(=O)[nH]c2=O)[C@H](O)[C@@H]1O. The van der Waals surface area contributed by atoms with Gasteiger partial charge in [0.1, 0.15) is 24.4 Å². The van der Waals surface area contributed by atoms with E-state index in [-0.39, 0.29) is 24.7 Å². The summed E-state index contributed by atoms with van der Waals surface area (Å²) in [5.41, 5.74) is 4.45. The molecule has 4 amide bonds. The number of nitrogens with one attached hydrogen (secondary N) is 5. The molecule has 0 bridgehead atoms. The number of aromatic nitrogens is 2. The Kier molecular flexibility index (Phi) is 22.9. The molecule has 1 aromatic heterocycles. The number of carboxylic acids is 1. The number of aromatic amines is 1. The van der Waals surface area contributed by atoms with Crippen molar-refractivity contribution in [2.45, 2.75) is 172 Å². The topological polar surface area (TPSA) is 284 Å². The quantitative estimate of drug-likeness (QED) is 0.0510. The first-order valence-electron chi connectivity index (χ1n) is 20.3. The Hall–Kier alpha value is -4.13. The van der Waals surface area contributed by atoms with Crippen LogP contribution < -0.4 is 38.2 Å². The molecule has 0 aliphatic carbocycles. The highest BCUT2D eigenvalue weighted by Crippen LogP contribution is 2.30. The maximum atomic E-state index is 13.6. The van der Waals surface area contributed by atoms with Gasteiger partial charge in [0.2, 0.25) is 23.6 Å². The second kappa shape index (κ2) is 26.7. The van der Waals surface area contributed by atoms with Crippen molar-refractivity contribution in [1.29, 1.82) is 0 Å². The number of aliphatic hydroxyl groups is 2. The number of carboxylic acid groups (broad SMARTS) is 1. The summed E-state index contributed by atoms with van der Waals surface area (Å²) in [6, 6.07) is -3.26. The number of hydrogen-bond acceptors (Lipinski definition) is 11. The molecule has 1 saturated heterocycles. The number of aliphatic hydroxyl groups excluding tert-OH is 2. The Morgan fingerprint density at radius 2 is 1.32 bits per heavy atom. The number of carbonyl (C=O) groups is 5. The zero-order valence-electron chi connectivity index (χ0n) is 33.0. The second-order valence-corrected chi connectivity index (χ2v) is 14.5. The molecule has 2 heterocycles. The number of aliphatic carboxylic acids is 1. The summed E-state index contributed by atoms with van der Waals surface area (Å²) in [6.45, 7) is 5.00. The van der Waals surface area contributed by atoms with Crippen LogP contribution in [0.2, 0.25) is 0 Å². The van der Waals surface area contributed by atoms with Gasteiger partial charge in [0.05, 0.1) is 6.04 Å². The molecular formula is C38H65N7O11. The molecule has 10 N–H and O–H groups in total. The lowest BCUT2D eigenvalue weighted by Gasteiger charge is -2.26. The molecule has 0 spiro atoms. The molecule has 1 aliphatic rings. The Labute approximate surface area is 328 Å². The van der Waals surface area contributed by atoms with Gasteiger partial charge in [-0.2, -0.15) is 0 Å². The highest BCUT2D eigenvalue weighted by atomic mass is 16.6. The second-order valence-electron chi connectivity index (χ2n) is 14.5. The van der Waals surface area contributed by atoms with E-state index < -0.39 is 71.7 Å². The predicted octanol–water partition coefficient (Wildman–Crippen LogP) is 0.831. The van der Waals surface area contributed by atoms with E-state index in [2.05, 4.69) is 35.1 Å². The fraction of sp³-hybridized carbons (Fsp3) is 0.763.